The molecule has 1 nitrogen and oxygen atoms in total. The second-order valence-electron chi connectivity index (χ2n) is 4.17. The van der Waals surface area contributed by atoms with Gasteiger partial charge in [-0.3, -0.25) is 0 Å². The lowest BCUT2D eigenvalue weighted by atomic mass is 9.94. The van der Waals surface area contributed by atoms with Crippen molar-refractivity contribution in [2.24, 2.45) is 5.92 Å². The quantitative estimate of drug-likeness (QED) is 0.501. The van der Waals surface area contributed by atoms with Crippen LogP contribution in [0.3, 0.4) is 0 Å². The Labute approximate surface area is 88.3 Å². The van der Waals surface area contributed by atoms with Crippen LogP contribution in [-0.4, -0.2) is 7.05 Å². The Bertz CT molecular complexity index is 187. The van der Waals surface area contributed by atoms with E-state index in [0.29, 0.717) is 0 Å². The van der Waals surface area contributed by atoms with Gasteiger partial charge >= 0.3 is 0 Å². The van der Waals surface area contributed by atoms with E-state index in [4.69, 9.17) is 0 Å². The van der Waals surface area contributed by atoms with Crippen molar-refractivity contribution in [3.8, 4) is 0 Å². The number of allylic oxidation sites excluding steroid dienone is 2. The Morgan fingerprint density at radius 1 is 1.43 bits per heavy atom. The Hall–Kier alpha value is -0.720. The van der Waals surface area contributed by atoms with Crippen LogP contribution in [-0.2, 0) is 0 Å². The molecule has 1 aliphatic carbocycles. The molecule has 1 fully saturated rings. The van der Waals surface area contributed by atoms with Crippen LogP contribution in [0, 0.1) is 5.92 Å². The number of rotatable bonds is 6. The molecule has 1 rings (SSSR count). The van der Waals surface area contributed by atoms with Crippen molar-refractivity contribution in [3.63, 3.8) is 0 Å². The van der Waals surface area contributed by atoms with E-state index in [0.717, 1.165) is 12.3 Å². The highest BCUT2D eigenvalue weighted by Gasteiger charge is 2.18. The lowest BCUT2D eigenvalue weighted by molar-refractivity contribution is 0.594. The number of hydrogen-bond donors (Lipinski definition) is 1. The zero-order valence-corrected chi connectivity index (χ0v) is 9.39. The first-order chi connectivity index (χ1) is 6.88. The van der Waals surface area contributed by atoms with Crippen LogP contribution < -0.4 is 5.32 Å². The van der Waals surface area contributed by atoms with E-state index in [2.05, 4.69) is 18.1 Å². The maximum Gasteiger partial charge on any atom is 0.00276 e. The summed E-state index contributed by atoms with van der Waals surface area (Å²) >= 11 is 0. The summed E-state index contributed by atoms with van der Waals surface area (Å²) < 4.78 is 0. The molecule has 0 spiro atoms. The predicted octanol–water partition coefficient (Wildman–Crippen LogP) is 3.64. The summed E-state index contributed by atoms with van der Waals surface area (Å²) in [4.78, 5) is 0. The molecule has 0 amide bonds. The third-order valence-electron chi connectivity index (χ3n) is 3.08. The van der Waals surface area contributed by atoms with Crippen molar-refractivity contribution in [1.29, 1.82) is 0 Å². The lowest BCUT2D eigenvalue weighted by Crippen LogP contribution is -2.04. The molecule has 0 aromatic heterocycles. The molecule has 1 N–H and O–H groups in total. The van der Waals surface area contributed by atoms with E-state index in [1.54, 1.807) is 5.57 Å². The van der Waals surface area contributed by atoms with Crippen molar-refractivity contribution in [3.05, 3.63) is 24.4 Å². The van der Waals surface area contributed by atoms with Gasteiger partial charge in [-0.05, 0) is 44.2 Å². The summed E-state index contributed by atoms with van der Waals surface area (Å²) in [5.41, 5.74) is 1.63. The predicted molar refractivity (Wildman–Crippen MR) is 63.1 cm³/mol. The molecule has 0 atom stereocenters. The molecule has 0 aromatic carbocycles. The third kappa shape index (κ3) is 3.57. The van der Waals surface area contributed by atoms with E-state index in [-0.39, 0.29) is 0 Å². The summed E-state index contributed by atoms with van der Waals surface area (Å²) in [7, 11) is 2.00. The second kappa shape index (κ2) is 6.69. The molecule has 0 heterocycles. The highest BCUT2D eigenvalue weighted by molar-refractivity contribution is 5.07. The number of hydrogen-bond acceptors (Lipinski definition) is 1. The van der Waals surface area contributed by atoms with E-state index in [9.17, 15) is 0 Å². The number of nitrogens with one attached hydrogen (secondary N) is 1. The van der Waals surface area contributed by atoms with Gasteiger partial charge in [0.1, 0.15) is 0 Å². The van der Waals surface area contributed by atoms with Gasteiger partial charge in [0.15, 0.2) is 0 Å². The van der Waals surface area contributed by atoms with Crippen molar-refractivity contribution in [2.45, 2.75) is 44.9 Å². The van der Waals surface area contributed by atoms with Gasteiger partial charge < -0.3 is 5.32 Å². The van der Waals surface area contributed by atoms with Gasteiger partial charge in [0.05, 0.1) is 0 Å². The molecule has 0 aliphatic heterocycles. The first-order valence-electron chi connectivity index (χ1n) is 5.85. The molecular formula is C13H23N. The Balaban J connectivity index is 2.37. The summed E-state index contributed by atoms with van der Waals surface area (Å²) in [5.74, 6) is 0.868. The smallest absolute Gasteiger partial charge is 0.00276 e. The SMILES string of the molecule is C=CCCC/C(=C\NC)C1CCCC1. The van der Waals surface area contributed by atoms with Crippen LogP contribution in [0.5, 0.6) is 0 Å². The molecule has 0 unspecified atom stereocenters. The largest absolute Gasteiger partial charge is 0.394 e. The Kier molecular flexibility index (Phi) is 5.43. The van der Waals surface area contributed by atoms with Crippen molar-refractivity contribution in [1.82, 2.24) is 5.32 Å². The highest BCUT2D eigenvalue weighted by Crippen LogP contribution is 2.33. The fourth-order valence-electron chi connectivity index (χ4n) is 2.33. The van der Waals surface area contributed by atoms with Crippen LogP contribution in [0.2, 0.25) is 0 Å². The second-order valence-corrected chi connectivity index (χ2v) is 4.17. The van der Waals surface area contributed by atoms with Gasteiger partial charge in [-0.15, -0.1) is 6.58 Å². The van der Waals surface area contributed by atoms with Gasteiger partial charge in [0.25, 0.3) is 0 Å². The average molecular weight is 193 g/mol. The van der Waals surface area contributed by atoms with Gasteiger partial charge in [0, 0.05) is 7.05 Å². The fraction of sp³-hybridized carbons (Fsp3) is 0.692. The van der Waals surface area contributed by atoms with Crippen molar-refractivity contribution >= 4 is 0 Å². The molecule has 1 aliphatic rings. The average Bonchev–Trinajstić information content (AvgIpc) is 2.70. The molecule has 1 heteroatoms. The minimum absolute atomic E-state index is 0.868. The van der Waals surface area contributed by atoms with Gasteiger partial charge in [-0.1, -0.05) is 24.5 Å². The standard InChI is InChI=1S/C13H23N/c1-3-4-5-10-13(11-14-2)12-8-6-7-9-12/h3,11-12,14H,1,4-10H2,2H3/b13-11+. The molecule has 1 saturated carbocycles. The van der Waals surface area contributed by atoms with Crippen LogP contribution in [0.1, 0.15) is 44.9 Å². The Morgan fingerprint density at radius 3 is 2.71 bits per heavy atom. The summed E-state index contributed by atoms with van der Waals surface area (Å²) in [5, 5.41) is 3.18. The summed E-state index contributed by atoms with van der Waals surface area (Å²) in [6.45, 7) is 3.77. The first kappa shape index (κ1) is 11.4. The maximum atomic E-state index is 3.77. The lowest BCUT2D eigenvalue weighted by Gasteiger charge is -2.14. The maximum absolute atomic E-state index is 3.77. The van der Waals surface area contributed by atoms with Crippen LogP contribution in [0.4, 0.5) is 0 Å². The summed E-state index contributed by atoms with van der Waals surface area (Å²) in [6.07, 6.45) is 13.5. The zero-order valence-electron chi connectivity index (χ0n) is 9.39. The van der Waals surface area contributed by atoms with E-state index >= 15 is 0 Å². The molecule has 0 saturated heterocycles. The molecule has 0 bridgehead atoms. The fourth-order valence-corrected chi connectivity index (χ4v) is 2.33. The monoisotopic (exact) mass is 193 g/mol. The highest BCUT2D eigenvalue weighted by atomic mass is 14.8. The van der Waals surface area contributed by atoms with E-state index in [1.165, 1.54) is 38.5 Å². The molecule has 80 valence electrons. The third-order valence-corrected chi connectivity index (χ3v) is 3.08. The van der Waals surface area contributed by atoms with Crippen LogP contribution in [0.15, 0.2) is 24.4 Å². The Morgan fingerprint density at radius 2 is 2.14 bits per heavy atom. The molecule has 14 heavy (non-hydrogen) atoms. The number of unbranched alkanes of at least 4 members (excludes halogenated alkanes) is 1. The van der Waals surface area contributed by atoms with E-state index < -0.39 is 0 Å². The normalized spacial score (nSPS) is 18.5. The van der Waals surface area contributed by atoms with Crippen LogP contribution in [0.25, 0.3) is 0 Å². The van der Waals surface area contributed by atoms with Crippen molar-refractivity contribution < 1.29 is 0 Å². The minimum Gasteiger partial charge on any atom is -0.394 e. The molecule has 0 aromatic rings. The topological polar surface area (TPSA) is 12.0 Å². The van der Waals surface area contributed by atoms with Crippen molar-refractivity contribution in [2.75, 3.05) is 7.05 Å². The van der Waals surface area contributed by atoms with Crippen LogP contribution >= 0.6 is 0 Å². The molecular weight excluding hydrogens is 170 g/mol. The summed E-state index contributed by atoms with van der Waals surface area (Å²) in [6, 6.07) is 0. The van der Waals surface area contributed by atoms with E-state index in [1.807, 2.05) is 13.1 Å². The van der Waals surface area contributed by atoms with Gasteiger partial charge in [-0.25, -0.2) is 0 Å². The van der Waals surface area contributed by atoms with Gasteiger partial charge in [0.2, 0.25) is 0 Å². The van der Waals surface area contributed by atoms with Gasteiger partial charge in [-0.2, -0.15) is 0 Å². The first-order valence-corrected chi connectivity index (χ1v) is 5.85. The minimum atomic E-state index is 0.868. The zero-order chi connectivity index (χ0) is 10.2. The molecule has 0 radical (unpaired) electrons.